The first-order valence-electron chi connectivity index (χ1n) is 10.7. The van der Waals surface area contributed by atoms with E-state index in [4.69, 9.17) is 14.1 Å². The summed E-state index contributed by atoms with van der Waals surface area (Å²) in [5.74, 6) is 0.610. The van der Waals surface area contributed by atoms with Crippen molar-refractivity contribution >= 4 is 13.5 Å². The zero-order valence-electron chi connectivity index (χ0n) is 18.5. The number of ether oxygens (including phenoxy) is 1. The molecule has 4 rings (SSSR count). The van der Waals surface area contributed by atoms with Crippen molar-refractivity contribution in [3.05, 3.63) is 71.5 Å². The topological polar surface area (TPSA) is 44.2 Å². The molecule has 0 saturated heterocycles. The molecule has 156 valence electrons. The predicted molar refractivity (Wildman–Crippen MR) is 124 cm³/mol. The number of methoxy groups -OCH3 is 1. The SMILES string of the molecule is COc1ccc(-c2cc3c(c(Cc4ccccc4)n2)[Si](C(C)C)(C(C)C)OC3)cn1. The van der Waals surface area contributed by atoms with Gasteiger partial charge in [0.1, 0.15) is 0 Å². The highest BCUT2D eigenvalue weighted by molar-refractivity contribution is 6.90. The fourth-order valence-corrected chi connectivity index (χ4v) is 9.75. The Morgan fingerprint density at radius 1 is 1.03 bits per heavy atom. The molecule has 0 aliphatic carbocycles. The van der Waals surface area contributed by atoms with Crippen molar-refractivity contribution in [2.24, 2.45) is 0 Å². The van der Waals surface area contributed by atoms with Crippen molar-refractivity contribution in [1.29, 1.82) is 0 Å². The molecule has 0 unspecified atom stereocenters. The summed E-state index contributed by atoms with van der Waals surface area (Å²) in [6.07, 6.45) is 2.66. The minimum absolute atomic E-state index is 0.489. The van der Waals surface area contributed by atoms with Gasteiger partial charge in [0, 0.05) is 29.9 Å². The highest BCUT2D eigenvalue weighted by atomic mass is 28.4. The van der Waals surface area contributed by atoms with Gasteiger partial charge in [-0.05, 0) is 39.5 Å². The molecule has 0 spiro atoms. The summed E-state index contributed by atoms with van der Waals surface area (Å²) in [4.78, 5) is 9.58. The Balaban J connectivity index is 1.88. The molecule has 30 heavy (non-hydrogen) atoms. The summed E-state index contributed by atoms with van der Waals surface area (Å²) in [6, 6.07) is 16.7. The Morgan fingerprint density at radius 3 is 2.37 bits per heavy atom. The minimum atomic E-state index is -2.14. The van der Waals surface area contributed by atoms with Crippen molar-refractivity contribution < 1.29 is 9.16 Å². The molecule has 2 aromatic heterocycles. The maximum Gasteiger partial charge on any atom is 0.231 e. The van der Waals surface area contributed by atoms with Crippen LogP contribution >= 0.6 is 0 Å². The fourth-order valence-electron chi connectivity index (χ4n) is 4.81. The highest BCUT2D eigenvalue weighted by Crippen LogP contribution is 2.40. The molecular formula is C25H30N2O2Si. The van der Waals surface area contributed by atoms with Gasteiger partial charge in [0.05, 0.1) is 19.4 Å². The first-order chi connectivity index (χ1) is 14.5. The predicted octanol–water partition coefficient (Wildman–Crippen LogP) is 5.25. The van der Waals surface area contributed by atoms with Gasteiger partial charge < -0.3 is 9.16 Å². The number of fused-ring (bicyclic) bond motifs is 1. The summed E-state index contributed by atoms with van der Waals surface area (Å²) in [5, 5.41) is 1.42. The molecule has 0 saturated carbocycles. The van der Waals surface area contributed by atoms with Crippen LogP contribution in [0.1, 0.15) is 44.5 Å². The van der Waals surface area contributed by atoms with E-state index in [0.717, 1.165) is 23.4 Å². The third-order valence-electron chi connectivity index (χ3n) is 6.20. The summed E-state index contributed by atoms with van der Waals surface area (Å²) in [5.41, 5.74) is 6.68. The molecule has 1 aliphatic rings. The maximum atomic E-state index is 6.70. The van der Waals surface area contributed by atoms with Crippen LogP contribution in [-0.4, -0.2) is 25.4 Å². The molecule has 3 aromatic rings. The van der Waals surface area contributed by atoms with Gasteiger partial charge in [-0.1, -0.05) is 58.0 Å². The van der Waals surface area contributed by atoms with Crippen LogP contribution in [0.2, 0.25) is 11.1 Å². The van der Waals surface area contributed by atoms with Crippen LogP contribution < -0.4 is 9.92 Å². The van der Waals surface area contributed by atoms with E-state index in [1.807, 2.05) is 18.3 Å². The van der Waals surface area contributed by atoms with E-state index in [-0.39, 0.29) is 0 Å². The molecule has 1 aliphatic heterocycles. The number of hydrogen-bond donors (Lipinski definition) is 0. The molecular weight excluding hydrogens is 388 g/mol. The zero-order chi connectivity index (χ0) is 21.3. The third-order valence-corrected chi connectivity index (χ3v) is 11.6. The average Bonchev–Trinajstić information content (AvgIpc) is 3.16. The second kappa shape index (κ2) is 8.32. The summed E-state index contributed by atoms with van der Waals surface area (Å²) in [7, 11) is -0.511. The van der Waals surface area contributed by atoms with E-state index in [1.165, 1.54) is 16.3 Å². The molecule has 4 nitrogen and oxygen atoms in total. The zero-order valence-corrected chi connectivity index (χ0v) is 19.5. The number of rotatable bonds is 6. The lowest BCUT2D eigenvalue weighted by atomic mass is 10.0. The van der Waals surface area contributed by atoms with Gasteiger partial charge in [-0.2, -0.15) is 0 Å². The number of aromatic nitrogens is 2. The van der Waals surface area contributed by atoms with Crippen molar-refractivity contribution in [1.82, 2.24) is 9.97 Å². The molecule has 5 heteroatoms. The molecule has 3 heterocycles. The number of benzene rings is 1. The first kappa shape index (κ1) is 20.8. The van der Waals surface area contributed by atoms with Gasteiger partial charge >= 0.3 is 0 Å². The Bertz CT molecular complexity index is 1010. The summed E-state index contributed by atoms with van der Waals surface area (Å²) < 4.78 is 11.9. The monoisotopic (exact) mass is 418 g/mol. The lowest BCUT2D eigenvalue weighted by molar-refractivity contribution is 0.299. The summed E-state index contributed by atoms with van der Waals surface area (Å²) in [6.45, 7) is 9.94. The Morgan fingerprint density at radius 2 is 1.77 bits per heavy atom. The average molecular weight is 419 g/mol. The van der Waals surface area contributed by atoms with Crippen molar-refractivity contribution in [2.75, 3.05) is 7.11 Å². The van der Waals surface area contributed by atoms with Gasteiger partial charge in [-0.25, -0.2) is 4.98 Å². The quantitative estimate of drug-likeness (QED) is 0.513. The lowest BCUT2D eigenvalue weighted by Crippen LogP contribution is -2.54. The van der Waals surface area contributed by atoms with E-state index in [9.17, 15) is 0 Å². The van der Waals surface area contributed by atoms with E-state index in [1.54, 1.807) is 7.11 Å². The highest BCUT2D eigenvalue weighted by Gasteiger charge is 2.50. The van der Waals surface area contributed by atoms with E-state index in [2.05, 4.69) is 69.1 Å². The van der Waals surface area contributed by atoms with Crippen LogP contribution in [0.25, 0.3) is 11.3 Å². The number of pyridine rings is 2. The van der Waals surface area contributed by atoms with Crippen LogP contribution in [0.5, 0.6) is 5.88 Å². The van der Waals surface area contributed by atoms with Gasteiger partial charge in [0.15, 0.2) is 0 Å². The van der Waals surface area contributed by atoms with Crippen LogP contribution in [0.15, 0.2) is 54.7 Å². The largest absolute Gasteiger partial charge is 0.481 e. The second-order valence-corrected chi connectivity index (χ2v) is 13.3. The molecule has 0 N–H and O–H groups in total. The van der Waals surface area contributed by atoms with E-state index < -0.39 is 8.32 Å². The van der Waals surface area contributed by atoms with Crippen LogP contribution in [0, 0.1) is 0 Å². The maximum absolute atomic E-state index is 6.70. The van der Waals surface area contributed by atoms with Crippen molar-refractivity contribution in [3.63, 3.8) is 0 Å². The van der Waals surface area contributed by atoms with E-state index >= 15 is 0 Å². The van der Waals surface area contributed by atoms with Crippen molar-refractivity contribution in [3.8, 4) is 17.1 Å². The van der Waals surface area contributed by atoms with Crippen LogP contribution in [-0.2, 0) is 17.5 Å². The Hall–Kier alpha value is -2.50. The molecule has 0 radical (unpaired) electrons. The summed E-state index contributed by atoms with van der Waals surface area (Å²) >= 11 is 0. The smallest absolute Gasteiger partial charge is 0.231 e. The molecule has 0 bridgehead atoms. The third kappa shape index (κ3) is 3.57. The normalized spacial score (nSPS) is 14.9. The van der Waals surface area contributed by atoms with Gasteiger partial charge in [0.25, 0.3) is 0 Å². The lowest BCUT2D eigenvalue weighted by Gasteiger charge is -2.35. The van der Waals surface area contributed by atoms with Crippen LogP contribution in [0.3, 0.4) is 0 Å². The first-order valence-corrected chi connectivity index (χ1v) is 12.7. The van der Waals surface area contributed by atoms with E-state index in [0.29, 0.717) is 23.6 Å². The van der Waals surface area contributed by atoms with Gasteiger partial charge in [-0.15, -0.1) is 0 Å². The van der Waals surface area contributed by atoms with Gasteiger partial charge in [-0.3, -0.25) is 4.98 Å². The standard InChI is InChI=1S/C25H30N2O2Si/c1-17(2)30(18(3)4)25-21(16-29-30)14-22(20-11-12-24(28-5)26-15-20)27-23(25)13-19-9-7-6-8-10-19/h6-12,14-15,17-18H,13,16H2,1-5H3. The number of hydrogen-bond acceptors (Lipinski definition) is 4. The van der Waals surface area contributed by atoms with Crippen molar-refractivity contribution in [2.45, 2.75) is 51.8 Å². The minimum Gasteiger partial charge on any atom is -0.481 e. The molecule has 0 atom stereocenters. The second-order valence-electron chi connectivity index (χ2n) is 8.63. The van der Waals surface area contributed by atoms with Crippen LogP contribution in [0.4, 0.5) is 0 Å². The number of nitrogens with zero attached hydrogens (tertiary/aromatic N) is 2. The Labute approximate surface area is 180 Å². The van der Waals surface area contributed by atoms with Gasteiger partial charge in [0.2, 0.25) is 14.2 Å². The molecule has 0 fully saturated rings. The molecule has 0 amide bonds. The fraction of sp³-hybridized carbons (Fsp3) is 0.360. The Kier molecular flexibility index (Phi) is 5.76. The molecule has 1 aromatic carbocycles.